The van der Waals surface area contributed by atoms with Crippen LogP contribution in [0.25, 0.3) is 132 Å². The first-order valence-corrected chi connectivity index (χ1v) is 22.4. The van der Waals surface area contributed by atoms with E-state index in [1.165, 1.54) is 70.5 Å². The first kappa shape index (κ1) is 36.5. The Bertz CT molecular complexity index is 4290. The van der Waals surface area contributed by atoms with Gasteiger partial charge < -0.3 is 9.13 Å². The van der Waals surface area contributed by atoms with Crippen LogP contribution in [-0.2, 0) is 0 Å². The Morgan fingerprint density at radius 1 is 0.242 bits per heavy atom. The fourth-order valence-corrected chi connectivity index (χ4v) is 10.4. The summed E-state index contributed by atoms with van der Waals surface area (Å²) >= 11 is 0. The van der Waals surface area contributed by atoms with Gasteiger partial charge in [-0.05, 0) is 104 Å². The first-order valence-electron chi connectivity index (χ1n) is 22.4. The number of aromatic nitrogens is 5. The van der Waals surface area contributed by atoms with Gasteiger partial charge in [-0.3, -0.25) is 0 Å². The van der Waals surface area contributed by atoms with Crippen LogP contribution >= 0.6 is 0 Å². The molecule has 0 atom stereocenters. The fourth-order valence-electron chi connectivity index (χ4n) is 10.4. The van der Waals surface area contributed by atoms with E-state index in [1.54, 1.807) is 0 Å². The highest BCUT2D eigenvalue weighted by molar-refractivity contribution is 6.33. The van der Waals surface area contributed by atoms with Crippen LogP contribution in [0.2, 0.25) is 0 Å². The highest BCUT2D eigenvalue weighted by Gasteiger charge is 2.22. The molecule has 0 aliphatic heterocycles. The Hall–Kier alpha value is -8.93. The lowest BCUT2D eigenvalue weighted by Crippen LogP contribution is -2.00. The highest BCUT2D eigenvalue weighted by Crippen LogP contribution is 2.45. The number of rotatable bonds is 5. The fraction of sp³-hybridized carbons (Fsp3) is 0. The third kappa shape index (κ3) is 5.63. The van der Waals surface area contributed by atoms with Crippen LogP contribution in [0, 0.1) is 0 Å². The van der Waals surface area contributed by atoms with Crippen molar-refractivity contribution in [3.63, 3.8) is 0 Å². The monoisotopic (exact) mass is 839 g/mol. The Labute approximate surface area is 379 Å². The van der Waals surface area contributed by atoms with Crippen LogP contribution in [0.5, 0.6) is 0 Å². The largest absolute Gasteiger partial charge is 0.309 e. The summed E-state index contributed by atoms with van der Waals surface area (Å²) in [6.45, 7) is 0. The smallest absolute Gasteiger partial charge is 0.164 e. The molecule has 0 radical (unpaired) electrons. The van der Waals surface area contributed by atoms with E-state index in [2.05, 4.69) is 215 Å². The van der Waals surface area contributed by atoms with Crippen molar-refractivity contribution in [1.82, 2.24) is 24.1 Å². The lowest BCUT2D eigenvalue weighted by Gasteiger charge is -2.12. The van der Waals surface area contributed by atoms with Crippen LogP contribution < -0.4 is 0 Å². The molecular weight excluding hydrogens is 803 g/mol. The van der Waals surface area contributed by atoms with Gasteiger partial charge in [0.15, 0.2) is 17.5 Å². The molecule has 5 nitrogen and oxygen atoms in total. The molecule has 66 heavy (non-hydrogen) atoms. The summed E-state index contributed by atoms with van der Waals surface area (Å²) in [4.78, 5) is 15.2. The Kier molecular flexibility index (Phi) is 7.91. The van der Waals surface area contributed by atoms with Crippen molar-refractivity contribution in [3.05, 3.63) is 224 Å². The molecule has 14 rings (SSSR count). The van der Waals surface area contributed by atoms with Crippen LogP contribution in [0.3, 0.4) is 0 Å². The maximum absolute atomic E-state index is 5.12. The lowest BCUT2D eigenvalue weighted by atomic mass is 10.0. The predicted octanol–water partition coefficient (Wildman–Crippen LogP) is 15.7. The summed E-state index contributed by atoms with van der Waals surface area (Å²) in [7, 11) is 0. The zero-order valence-electron chi connectivity index (χ0n) is 35.6. The second kappa shape index (κ2) is 14.3. The van der Waals surface area contributed by atoms with Crippen LogP contribution in [-0.4, -0.2) is 24.1 Å². The van der Waals surface area contributed by atoms with Gasteiger partial charge >= 0.3 is 0 Å². The van der Waals surface area contributed by atoms with Crippen molar-refractivity contribution < 1.29 is 0 Å². The molecule has 0 N–H and O–H groups in total. The lowest BCUT2D eigenvalue weighted by molar-refractivity contribution is 1.07. The number of hydrogen-bond acceptors (Lipinski definition) is 3. The van der Waals surface area contributed by atoms with Gasteiger partial charge in [-0.15, -0.1) is 0 Å². The summed E-state index contributed by atoms with van der Waals surface area (Å²) in [5.74, 6) is 1.93. The number of benzene rings is 11. The number of nitrogens with zero attached hydrogens (tertiary/aromatic N) is 5. The Morgan fingerprint density at radius 3 is 1.33 bits per heavy atom. The normalized spacial score (nSPS) is 11.9. The zero-order valence-corrected chi connectivity index (χ0v) is 35.6. The van der Waals surface area contributed by atoms with E-state index in [0.717, 1.165) is 44.2 Å². The highest BCUT2D eigenvalue weighted by atomic mass is 15.0. The maximum atomic E-state index is 5.12. The van der Waals surface area contributed by atoms with Gasteiger partial charge in [-0.25, -0.2) is 15.0 Å². The molecule has 0 unspecified atom stereocenters. The van der Waals surface area contributed by atoms with E-state index < -0.39 is 0 Å². The van der Waals surface area contributed by atoms with Crippen molar-refractivity contribution in [2.75, 3.05) is 0 Å². The topological polar surface area (TPSA) is 48.5 Å². The minimum atomic E-state index is 0.638. The Morgan fingerprint density at radius 2 is 0.652 bits per heavy atom. The molecule has 11 aromatic carbocycles. The molecule has 0 fully saturated rings. The van der Waals surface area contributed by atoms with Crippen LogP contribution in [0.1, 0.15) is 0 Å². The molecule has 5 heteroatoms. The minimum absolute atomic E-state index is 0.638. The maximum Gasteiger partial charge on any atom is 0.164 e. The molecule has 0 amide bonds. The van der Waals surface area contributed by atoms with E-state index in [1.807, 2.05) is 18.2 Å². The summed E-state index contributed by atoms with van der Waals surface area (Å²) < 4.78 is 4.90. The Balaban J connectivity index is 0.958. The number of fused-ring (bicyclic) bond motifs is 12. The molecule has 0 aliphatic carbocycles. The standard InChI is InChI=1S/C61H37N5/c1-2-15-41(16-3-1)59-62-60(46-24-22-38-12-4-6-17-42(38)34-46)64-61(63-59)47-25-23-45-37-49(30-27-44(45)35-47)66-53-31-28-40-14-8-9-19-50(40)56(53)58-55(66)33-32-54-57(58)51-20-10-11-21-52(51)65(54)48-29-26-39-13-5-7-18-43(39)36-48/h1-37H. The summed E-state index contributed by atoms with van der Waals surface area (Å²) in [5, 5.41) is 14.5. The second-order valence-electron chi connectivity index (χ2n) is 17.2. The average molecular weight is 840 g/mol. The second-order valence-corrected chi connectivity index (χ2v) is 17.2. The minimum Gasteiger partial charge on any atom is -0.309 e. The quantitative estimate of drug-likeness (QED) is 0.173. The van der Waals surface area contributed by atoms with Crippen molar-refractivity contribution in [3.8, 4) is 45.5 Å². The number of para-hydroxylation sites is 1. The molecule has 0 saturated carbocycles. The van der Waals surface area contributed by atoms with E-state index in [4.69, 9.17) is 15.0 Å². The van der Waals surface area contributed by atoms with Gasteiger partial charge in [0.1, 0.15) is 0 Å². The SMILES string of the molecule is c1ccc(-c2nc(-c3ccc4ccccc4c3)nc(-c3ccc4cc(-n5c6ccc7ccccc7c6c6c7c8ccccc8n(-c8ccc9ccccc9c8)c7ccc65)ccc4c3)n2)cc1. The molecular formula is C61H37N5. The van der Waals surface area contributed by atoms with Gasteiger partial charge in [-0.1, -0.05) is 164 Å². The molecule has 306 valence electrons. The van der Waals surface area contributed by atoms with Gasteiger partial charge in [0.2, 0.25) is 0 Å². The molecule has 14 aromatic rings. The van der Waals surface area contributed by atoms with Gasteiger partial charge in [0, 0.05) is 49.6 Å². The average Bonchev–Trinajstić information content (AvgIpc) is 3.91. The van der Waals surface area contributed by atoms with Crippen molar-refractivity contribution in [2.45, 2.75) is 0 Å². The summed E-state index contributed by atoms with van der Waals surface area (Å²) in [6.07, 6.45) is 0. The third-order valence-corrected chi connectivity index (χ3v) is 13.5. The molecule has 0 bridgehead atoms. The van der Waals surface area contributed by atoms with Crippen molar-refractivity contribution >= 4 is 86.7 Å². The molecule has 0 saturated heterocycles. The predicted molar refractivity (Wildman–Crippen MR) is 275 cm³/mol. The first-order chi connectivity index (χ1) is 32.7. The van der Waals surface area contributed by atoms with Crippen molar-refractivity contribution in [1.29, 1.82) is 0 Å². The van der Waals surface area contributed by atoms with Crippen molar-refractivity contribution in [2.24, 2.45) is 0 Å². The molecule has 0 aliphatic rings. The molecule has 3 heterocycles. The van der Waals surface area contributed by atoms with E-state index >= 15 is 0 Å². The molecule has 0 spiro atoms. The summed E-state index contributed by atoms with van der Waals surface area (Å²) in [5.41, 5.74) is 9.82. The zero-order chi connectivity index (χ0) is 43.3. The van der Waals surface area contributed by atoms with Gasteiger partial charge in [0.05, 0.1) is 22.1 Å². The van der Waals surface area contributed by atoms with Crippen LogP contribution in [0.15, 0.2) is 224 Å². The third-order valence-electron chi connectivity index (χ3n) is 13.5. The summed E-state index contributed by atoms with van der Waals surface area (Å²) in [6, 6.07) is 80.6. The molecule has 3 aromatic heterocycles. The van der Waals surface area contributed by atoms with Crippen LogP contribution in [0.4, 0.5) is 0 Å². The number of hydrogen-bond donors (Lipinski definition) is 0. The van der Waals surface area contributed by atoms with E-state index in [-0.39, 0.29) is 0 Å². The van der Waals surface area contributed by atoms with Gasteiger partial charge in [0.25, 0.3) is 0 Å². The van der Waals surface area contributed by atoms with E-state index in [0.29, 0.717) is 17.5 Å². The van der Waals surface area contributed by atoms with E-state index in [9.17, 15) is 0 Å². The van der Waals surface area contributed by atoms with Gasteiger partial charge in [-0.2, -0.15) is 0 Å².